The molecule has 2 aromatic rings. The SMILES string of the molecule is Cc1cccc2c1NCCc1cn[nH]c1-2. The Bertz CT molecular complexity index is 499. The zero-order valence-corrected chi connectivity index (χ0v) is 8.67. The van der Waals surface area contributed by atoms with E-state index in [0.29, 0.717) is 0 Å². The molecule has 3 rings (SSSR count). The third-order valence-corrected chi connectivity index (χ3v) is 2.96. The lowest BCUT2D eigenvalue weighted by atomic mass is 10.0. The highest BCUT2D eigenvalue weighted by Crippen LogP contribution is 2.33. The molecule has 0 atom stereocenters. The molecule has 0 fully saturated rings. The van der Waals surface area contributed by atoms with Crippen LogP contribution in [0.4, 0.5) is 5.69 Å². The van der Waals surface area contributed by atoms with Crippen molar-refractivity contribution < 1.29 is 0 Å². The Hall–Kier alpha value is -1.77. The largest absolute Gasteiger partial charge is 0.384 e. The number of aryl methyl sites for hydroxylation is 1. The fourth-order valence-electron chi connectivity index (χ4n) is 2.17. The van der Waals surface area contributed by atoms with Crippen LogP contribution in [-0.4, -0.2) is 16.7 Å². The van der Waals surface area contributed by atoms with Crippen LogP contribution >= 0.6 is 0 Å². The molecule has 76 valence electrons. The van der Waals surface area contributed by atoms with Crippen LogP contribution in [0.1, 0.15) is 11.1 Å². The quantitative estimate of drug-likeness (QED) is 0.683. The van der Waals surface area contributed by atoms with Crippen molar-refractivity contribution in [1.82, 2.24) is 10.2 Å². The molecule has 0 unspecified atom stereocenters. The Morgan fingerprint density at radius 3 is 3.20 bits per heavy atom. The maximum atomic E-state index is 4.12. The van der Waals surface area contributed by atoms with Crippen LogP contribution in [0.25, 0.3) is 11.3 Å². The Balaban J connectivity index is 2.29. The molecule has 1 aromatic heterocycles. The van der Waals surface area contributed by atoms with Crippen molar-refractivity contribution in [3.05, 3.63) is 35.5 Å². The van der Waals surface area contributed by atoms with Gasteiger partial charge >= 0.3 is 0 Å². The second-order valence-electron chi connectivity index (χ2n) is 3.94. The van der Waals surface area contributed by atoms with Gasteiger partial charge in [0.1, 0.15) is 0 Å². The molecule has 3 heteroatoms. The molecule has 1 aliphatic rings. The summed E-state index contributed by atoms with van der Waals surface area (Å²) in [6, 6.07) is 6.36. The molecular formula is C12H13N3. The van der Waals surface area contributed by atoms with Crippen LogP contribution in [0.2, 0.25) is 0 Å². The first-order chi connectivity index (χ1) is 7.36. The molecule has 0 saturated carbocycles. The van der Waals surface area contributed by atoms with E-state index in [0.717, 1.165) is 13.0 Å². The van der Waals surface area contributed by atoms with Gasteiger partial charge in [-0.15, -0.1) is 0 Å². The Morgan fingerprint density at radius 2 is 2.27 bits per heavy atom. The maximum Gasteiger partial charge on any atom is 0.0703 e. The van der Waals surface area contributed by atoms with Gasteiger partial charge in [0, 0.05) is 17.8 Å². The number of nitrogens with one attached hydrogen (secondary N) is 2. The molecule has 0 radical (unpaired) electrons. The van der Waals surface area contributed by atoms with Crippen molar-refractivity contribution in [3.63, 3.8) is 0 Å². The van der Waals surface area contributed by atoms with E-state index in [4.69, 9.17) is 0 Å². The zero-order valence-electron chi connectivity index (χ0n) is 8.67. The number of nitrogens with zero attached hydrogens (tertiary/aromatic N) is 1. The highest BCUT2D eigenvalue weighted by molar-refractivity contribution is 5.80. The number of H-pyrrole nitrogens is 1. The van der Waals surface area contributed by atoms with E-state index in [1.807, 2.05) is 6.20 Å². The number of aromatic amines is 1. The van der Waals surface area contributed by atoms with Crippen molar-refractivity contribution in [1.29, 1.82) is 0 Å². The van der Waals surface area contributed by atoms with Crippen molar-refractivity contribution in [3.8, 4) is 11.3 Å². The predicted molar refractivity (Wildman–Crippen MR) is 61.0 cm³/mol. The zero-order chi connectivity index (χ0) is 10.3. The van der Waals surface area contributed by atoms with Gasteiger partial charge in [-0.1, -0.05) is 18.2 Å². The first-order valence-electron chi connectivity index (χ1n) is 5.22. The summed E-state index contributed by atoms with van der Waals surface area (Å²) in [6.07, 6.45) is 2.95. The fraction of sp³-hybridized carbons (Fsp3) is 0.250. The second-order valence-corrected chi connectivity index (χ2v) is 3.94. The van der Waals surface area contributed by atoms with E-state index in [-0.39, 0.29) is 0 Å². The molecular weight excluding hydrogens is 186 g/mol. The van der Waals surface area contributed by atoms with Crippen molar-refractivity contribution in [2.24, 2.45) is 0 Å². The first-order valence-corrected chi connectivity index (χ1v) is 5.22. The van der Waals surface area contributed by atoms with Crippen molar-refractivity contribution in [2.45, 2.75) is 13.3 Å². The third kappa shape index (κ3) is 1.23. The van der Waals surface area contributed by atoms with Gasteiger partial charge in [0.2, 0.25) is 0 Å². The molecule has 0 amide bonds. The molecule has 0 aliphatic carbocycles. The van der Waals surface area contributed by atoms with Gasteiger partial charge in [-0.25, -0.2) is 0 Å². The van der Waals surface area contributed by atoms with Crippen LogP contribution in [-0.2, 0) is 6.42 Å². The van der Waals surface area contributed by atoms with E-state index in [9.17, 15) is 0 Å². The fourth-order valence-corrected chi connectivity index (χ4v) is 2.17. The summed E-state index contributed by atoms with van der Waals surface area (Å²) in [4.78, 5) is 0. The Kier molecular flexibility index (Phi) is 1.78. The number of anilines is 1. The average molecular weight is 199 g/mol. The smallest absolute Gasteiger partial charge is 0.0703 e. The predicted octanol–water partition coefficient (Wildman–Crippen LogP) is 2.35. The van der Waals surface area contributed by atoms with Crippen LogP contribution in [0.15, 0.2) is 24.4 Å². The topological polar surface area (TPSA) is 40.7 Å². The molecule has 2 N–H and O–H groups in total. The average Bonchev–Trinajstić information content (AvgIpc) is 2.62. The molecule has 0 spiro atoms. The lowest BCUT2D eigenvalue weighted by Gasteiger charge is -2.10. The normalized spacial score (nSPS) is 13.7. The number of aromatic nitrogens is 2. The first kappa shape index (κ1) is 8.53. The molecule has 0 bridgehead atoms. The molecule has 0 saturated heterocycles. The number of benzene rings is 1. The molecule has 3 nitrogen and oxygen atoms in total. The summed E-state index contributed by atoms with van der Waals surface area (Å²) in [5, 5.41) is 10.7. The minimum absolute atomic E-state index is 0.977. The Labute approximate surface area is 88.5 Å². The molecule has 1 aromatic carbocycles. The summed E-state index contributed by atoms with van der Waals surface area (Å²) in [7, 11) is 0. The van der Waals surface area contributed by atoms with Gasteiger partial charge in [0.05, 0.1) is 11.9 Å². The molecule has 1 aliphatic heterocycles. The van der Waals surface area contributed by atoms with E-state index in [2.05, 4.69) is 40.6 Å². The van der Waals surface area contributed by atoms with Crippen molar-refractivity contribution >= 4 is 5.69 Å². The summed E-state index contributed by atoms with van der Waals surface area (Å²) in [5.74, 6) is 0. The summed E-state index contributed by atoms with van der Waals surface area (Å²) >= 11 is 0. The number of hydrogen-bond donors (Lipinski definition) is 2. The van der Waals surface area contributed by atoms with Crippen LogP contribution in [0, 0.1) is 6.92 Å². The van der Waals surface area contributed by atoms with Gasteiger partial charge in [-0.05, 0) is 24.5 Å². The third-order valence-electron chi connectivity index (χ3n) is 2.96. The van der Waals surface area contributed by atoms with Crippen LogP contribution in [0.3, 0.4) is 0 Å². The van der Waals surface area contributed by atoms with Crippen molar-refractivity contribution in [2.75, 3.05) is 11.9 Å². The lowest BCUT2D eigenvalue weighted by Crippen LogP contribution is -2.03. The number of rotatable bonds is 0. The van der Waals surface area contributed by atoms with E-state index in [1.54, 1.807) is 0 Å². The van der Waals surface area contributed by atoms with Gasteiger partial charge in [0.15, 0.2) is 0 Å². The summed E-state index contributed by atoms with van der Waals surface area (Å²) in [6.45, 7) is 3.11. The van der Waals surface area contributed by atoms with Crippen LogP contribution < -0.4 is 5.32 Å². The van der Waals surface area contributed by atoms with Gasteiger partial charge in [-0.2, -0.15) is 5.10 Å². The number of para-hydroxylation sites is 1. The highest BCUT2D eigenvalue weighted by Gasteiger charge is 2.16. The monoisotopic (exact) mass is 199 g/mol. The number of fused-ring (bicyclic) bond motifs is 3. The number of hydrogen-bond acceptors (Lipinski definition) is 2. The Morgan fingerprint density at radius 1 is 1.33 bits per heavy atom. The second kappa shape index (κ2) is 3.12. The standard InChI is InChI=1S/C12H13N3/c1-8-3-2-4-10-11(8)13-6-5-9-7-14-15-12(9)10/h2-4,7,13H,5-6H2,1H3,(H,14,15). The summed E-state index contributed by atoms with van der Waals surface area (Å²) < 4.78 is 0. The van der Waals surface area contributed by atoms with Gasteiger partial charge in [0.25, 0.3) is 0 Å². The highest BCUT2D eigenvalue weighted by atomic mass is 15.1. The van der Waals surface area contributed by atoms with Gasteiger partial charge < -0.3 is 5.32 Å². The lowest BCUT2D eigenvalue weighted by molar-refractivity contribution is 1.03. The van der Waals surface area contributed by atoms with E-state index >= 15 is 0 Å². The van der Waals surface area contributed by atoms with Crippen LogP contribution in [0.5, 0.6) is 0 Å². The minimum Gasteiger partial charge on any atom is -0.384 e. The maximum absolute atomic E-state index is 4.12. The minimum atomic E-state index is 0.977. The molecule has 2 heterocycles. The van der Waals surface area contributed by atoms with E-state index in [1.165, 1.54) is 28.1 Å². The summed E-state index contributed by atoms with van der Waals surface area (Å²) in [5.41, 5.74) is 6.22. The van der Waals surface area contributed by atoms with E-state index < -0.39 is 0 Å². The van der Waals surface area contributed by atoms with Gasteiger partial charge in [-0.3, -0.25) is 5.10 Å². The molecule has 15 heavy (non-hydrogen) atoms.